The third-order valence-electron chi connectivity index (χ3n) is 7.03. The van der Waals surface area contributed by atoms with Gasteiger partial charge < -0.3 is 15.0 Å². The van der Waals surface area contributed by atoms with Crippen LogP contribution in [0.1, 0.15) is 36.8 Å². The highest BCUT2D eigenvalue weighted by atomic mass is 19.1. The van der Waals surface area contributed by atoms with E-state index in [1.165, 1.54) is 11.6 Å². The Bertz CT molecular complexity index is 1050. The van der Waals surface area contributed by atoms with Gasteiger partial charge in [-0.2, -0.15) is 0 Å². The lowest BCUT2D eigenvalue weighted by Gasteiger charge is -2.35. The van der Waals surface area contributed by atoms with Gasteiger partial charge in [0.2, 0.25) is 11.8 Å². The van der Waals surface area contributed by atoms with Crippen molar-refractivity contribution in [2.75, 3.05) is 39.8 Å². The van der Waals surface area contributed by atoms with Crippen LogP contribution in [0.2, 0.25) is 0 Å². The van der Waals surface area contributed by atoms with E-state index in [0.717, 1.165) is 19.6 Å². The van der Waals surface area contributed by atoms with E-state index < -0.39 is 5.54 Å². The molecule has 0 aromatic heterocycles. The maximum Gasteiger partial charge on any atom is 0.222 e. The largest absolute Gasteiger partial charge is 0.497 e. The minimum absolute atomic E-state index is 0.0436. The minimum Gasteiger partial charge on any atom is -0.497 e. The summed E-state index contributed by atoms with van der Waals surface area (Å²) in [4.78, 5) is 29.3. The van der Waals surface area contributed by atoms with Gasteiger partial charge in [-0.3, -0.25) is 14.5 Å². The van der Waals surface area contributed by atoms with Crippen molar-refractivity contribution in [1.29, 1.82) is 0 Å². The van der Waals surface area contributed by atoms with Crippen LogP contribution in [0.5, 0.6) is 5.75 Å². The maximum atomic E-state index is 14.5. The Kier molecular flexibility index (Phi) is 8.18. The van der Waals surface area contributed by atoms with E-state index in [1.807, 2.05) is 23.1 Å². The molecular formula is C28H34FN3O3. The van der Waals surface area contributed by atoms with Gasteiger partial charge in [-0.15, -0.1) is 0 Å². The fourth-order valence-electron chi connectivity index (χ4n) is 4.95. The fourth-order valence-corrected chi connectivity index (χ4v) is 4.95. The van der Waals surface area contributed by atoms with E-state index in [1.54, 1.807) is 19.2 Å². The number of piperazine rings is 1. The number of nitrogens with one attached hydrogen (secondary N) is 1. The first kappa shape index (κ1) is 24.9. The Morgan fingerprint density at radius 3 is 2.60 bits per heavy atom. The molecule has 1 atom stereocenters. The number of amides is 2. The standard InChI is InChI=1S/C28H34FN3O3/c1-35-24-9-10-25(29)23(20-24)21-28(13-11-26(33)30-28)14-12-27(34)32-18-16-31(17-19-32)15-5-8-22-6-3-2-4-7-22/h2-10,20H,11-19,21H2,1H3,(H,30,33)/b8-5+/t28-/m0/s1. The van der Waals surface area contributed by atoms with Crippen LogP contribution in [0.25, 0.3) is 6.08 Å². The molecule has 2 amide bonds. The van der Waals surface area contributed by atoms with Gasteiger partial charge in [0.05, 0.1) is 7.11 Å². The van der Waals surface area contributed by atoms with Crippen molar-refractivity contribution in [2.24, 2.45) is 0 Å². The number of carbonyl (C=O) groups excluding carboxylic acids is 2. The highest BCUT2D eigenvalue weighted by molar-refractivity contribution is 5.80. The normalized spacial score (nSPS) is 20.9. The summed E-state index contributed by atoms with van der Waals surface area (Å²) in [5, 5.41) is 3.05. The Morgan fingerprint density at radius 2 is 1.91 bits per heavy atom. The van der Waals surface area contributed by atoms with E-state index in [4.69, 9.17) is 4.74 Å². The van der Waals surface area contributed by atoms with Crippen LogP contribution in [-0.4, -0.2) is 67.0 Å². The van der Waals surface area contributed by atoms with Crippen molar-refractivity contribution in [1.82, 2.24) is 15.1 Å². The van der Waals surface area contributed by atoms with Crippen molar-refractivity contribution >= 4 is 17.9 Å². The van der Waals surface area contributed by atoms with E-state index in [2.05, 4.69) is 34.5 Å². The lowest BCUT2D eigenvalue weighted by Crippen LogP contribution is -2.49. The summed E-state index contributed by atoms with van der Waals surface area (Å²) in [5.74, 6) is 0.303. The molecule has 2 fully saturated rings. The summed E-state index contributed by atoms with van der Waals surface area (Å²) >= 11 is 0. The zero-order valence-electron chi connectivity index (χ0n) is 20.3. The molecule has 2 heterocycles. The monoisotopic (exact) mass is 479 g/mol. The molecule has 0 radical (unpaired) electrons. The van der Waals surface area contributed by atoms with E-state index >= 15 is 0 Å². The second-order valence-corrected chi connectivity index (χ2v) is 9.46. The molecule has 2 saturated heterocycles. The van der Waals surface area contributed by atoms with Crippen molar-refractivity contribution < 1.29 is 18.7 Å². The minimum atomic E-state index is -0.607. The molecule has 2 aromatic carbocycles. The quantitative estimate of drug-likeness (QED) is 0.596. The zero-order valence-corrected chi connectivity index (χ0v) is 20.3. The Labute approximate surface area is 206 Å². The van der Waals surface area contributed by atoms with E-state index in [-0.39, 0.29) is 17.6 Å². The third-order valence-corrected chi connectivity index (χ3v) is 7.03. The van der Waals surface area contributed by atoms with Gasteiger partial charge in [-0.05, 0) is 48.6 Å². The SMILES string of the molecule is COc1ccc(F)c(C[C@@]2(CCC(=O)N3CCN(C/C=C/c4ccccc4)CC3)CCC(=O)N2)c1. The second kappa shape index (κ2) is 11.5. The van der Waals surface area contributed by atoms with Crippen molar-refractivity contribution in [2.45, 2.75) is 37.6 Å². The van der Waals surface area contributed by atoms with Crippen molar-refractivity contribution in [3.8, 4) is 5.75 Å². The van der Waals surface area contributed by atoms with Crippen LogP contribution in [-0.2, 0) is 16.0 Å². The van der Waals surface area contributed by atoms with Crippen LogP contribution < -0.4 is 10.1 Å². The highest BCUT2D eigenvalue weighted by Gasteiger charge is 2.39. The van der Waals surface area contributed by atoms with Gasteiger partial charge in [-0.25, -0.2) is 4.39 Å². The molecule has 0 spiro atoms. The van der Waals surface area contributed by atoms with Crippen LogP contribution >= 0.6 is 0 Å². The Balaban J connectivity index is 1.29. The number of halogens is 1. The maximum absolute atomic E-state index is 14.5. The Morgan fingerprint density at radius 1 is 1.14 bits per heavy atom. The summed E-state index contributed by atoms with van der Waals surface area (Å²) < 4.78 is 19.7. The number of rotatable bonds is 9. The smallest absolute Gasteiger partial charge is 0.222 e. The third kappa shape index (κ3) is 6.69. The first-order valence-electron chi connectivity index (χ1n) is 12.3. The van der Waals surface area contributed by atoms with Crippen LogP contribution in [0.15, 0.2) is 54.6 Å². The number of methoxy groups -OCH3 is 1. The van der Waals surface area contributed by atoms with Gasteiger partial charge in [-0.1, -0.05) is 42.5 Å². The second-order valence-electron chi connectivity index (χ2n) is 9.46. The molecule has 0 unspecified atom stereocenters. The lowest BCUT2D eigenvalue weighted by molar-refractivity contribution is -0.133. The molecule has 6 nitrogen and oxygen atoms in total. The van der Waals surface area contributed by atoms with Gasteiger partial charge in [0.25, 0.3) is 0 Å². The zero-order chi connectivity index (χ0) is 24.7. The molecule has 35 heavy (non-hydrogen) atoms. The predicted molar refractivity (Wildman–Crippen MR) is 134 cm³/mol. The molecular weight excluding hydrogens is 445 g/mol. The fraction of sp³-hybridized carbons (Fsp3) is 0.429. The summed E-state index contributed by atoms with van der Waals surface area (Å²) in [6.07, 6.45) is 6.45. The molecule has 2 aliphatic rings. The first-order valence-corrected chi connectivity index (χ1v) is 12.3. The van der Waals surface area contributed by atoms with Gasteiger partial charge in [0.15, 0.2) is 0 Å². The molecule has 4 rings (SSSR count). The number of hydrogen-bond acceptors (Lipinski definition) is 4. The molecule has 1 N–H and O–H groups in total. The Hall–Kier alpha value is -3.19. The number of nitrogens with zero attached hydrogens (tertiary/aromatic N) is 2. The molecule has 2 aliphatic heterocycles. The first-order chi connectivity index (χ1) is 17.0. The summed E-state index contributed by atoms with van der Waals surface area (Å²) in [5.41, 5.74) is 1.07. The van der Waals surface area contributed by atoms with Crippen molar-refractivity contribution in [3.63, 3.8) is 0 Å². The average Bonchev–Trinajstić information content (AvgIpc) is 3.25. The molecule has 0 bridgehead atoms. The predicted octanol–water partition coefficient (Wildman–Crippen LogP) is 3.66. The average molecular weight is 480 g/mol. The van der Waals surface area contributed by atoms with Gasteiger partial charge >= 0.3 is 0 Å². The number of benzene rings is 2. The van der Waals surface area contributed by atoms with Crippen LogP contribution in [0.3, 0.4) is 0 Å². The number of ether oxygens (including phenoxy) is 1. The van der Waals surface area contributed by atoms with Crippen LogP contribution in [0.4, 0.5) is 4.39 Å². The molecule has 2 aromatic rings. The van der Waals surface area contributed by atoms with Gasteiger partial charge in [0.1, 0.15) is 11.6 Å². The molecule has 7 heteroatoms. The molecule has 186 valence electrons. The van der Waals surface area contributed by atoms with Gasteiger partial charge in [0, 0.05) is 51.1 Å². The topological polar surface area (TPSA) is 61.9 Å². The lowest BCUT2D eigenvalue weighted by atomic mass is 9.84. The summed E-state index contributed by atoms with van der Waals surface area (Å²) in [7, 11) is 1.54. The number of carbonyl (C=O) groups is 2. The summed E-state index contributed by atoms with van der Waals surface area (Å²) in [6, 6.07) is 14.9. The molecule has 0 aliphatic carbocycles. The van der Waals surface area contributed by atoms with Crippen molar-refractivity contribution in [3.05, 3.63) is 71.6 Å². The molecule has 0 saturated carbocycles. The summed E-state index contributed by atoms with van der Waals surface area (Å²) in [6.45, 7) is 3.92. The number of hydrogen-bond donors (Lipinski definition) is 1. The van der Waals surface area contributed by atoms with E-state index in [9.17, 15) is 14.0 Å². The van der Waals surface area contributed by atoms with E-state index in [0.29, 0.717) is 56.5 Å². The van der Waals surface area contributed by atoms with Crippen LogP contribution in [0, 0.1) is 5.82 Å². The highest BCUT2D eigenvalue weighted by Crippen LogP contribution is 2.32.